The fourth-order valence-corrected chi connectivity index (χ4v) is 1.35. The molecule has 15 heavy (non-hydrogen) atoms. The molecule has 0 aromatic carbocycles. The van der Waals surface area contributed by atoms with Gasteiger partial charge in [-0.25, -0.2) is 0 Å². The van der Waals surface area contributed by atoms with Crippen molar-refractivity contribution in [3.05, 3.63) is 12.3 Å². The Labute approximate surface area is 87.7 Å². The summed E-state index contributed by atoms with van der Waals surface area (Å²) >= 11 is 0. The van der Waals surface area contributed by atoms with Crippen molar-refractivity contribution in [1.29, 1.82) is 0 Å². The van der Waals surface area contributed by atoms with Gasteiger partial charge in [-0.05, 0) is 12.5 Å². The van der Waals surface area contributed by atoms with E-state index in [1.165, 1.54) is 0 Å². The molecule has 2 heterocycles. The first-order chi connectivity index (χ1) is 7.31. The number of ether oxygens (including phenoxy) is 1. The first-order valence-corrected chi connectivity index (χ1v) is 5.04. The summed E-state index contributed by atoms with van der Waals surface area (Å²) < 4.78 is 5.55. The third-order valence-electron chi connectivity index (χ3n) is 2.13. The molecule has 2 rings (SSSR count). The van der Waals surface area contributed by atoms with Crippen LogP contribution in [0, 0.1) is 0 Å². The third kappa shape index (κ3) is 2.01. The van der Waals surface area contributed by atoms with Crippen molar-refractivity contribution in [2.24, 2.45) is 0 Å². The fourth-order valence-electron chi connectivity index (χ4n) is 1.35. The van der Waals surface area contributed by atoms with Crippen molar-refractivity contribution >= 4 is 17.0 Å². The van der Waals surface area contributed by atoms with E-state index >= 15 is 0 Å². The fraction of sp³-hybridized carbons (Fsp3) is 0.400. The lowest BCUT2D eigenvalue weighted by Crippen LogP contribution is -2.02. The van der Waals surface area contributed by atoms with Crippen molar-refractivity contribution in [2.75, 3.05) is 12.3 Å². The Balaban J connectivity index is 2.27. The number of nitrogens with two attached hydrogens (primary N) is 1. The molecule has 2 aromatic heterocycles. The van der Waals surface area contributed by atoms with Gasteiger partial charge in [0.15, 0.2) is 0 Å². The molecule has 0 atom stereocenters. The van der Waals surface area contributed by atoms with E-state index < -0.39 is 0 Å². The van der Waals surface area contributed by atoms with E-state index in [1.54, 1.807) is 6.20 Å². The average molecular weight is 206 g/mol. The lowest BCUT2D eigenvalue weighted by Gasteiger charge is -2.05. The quantitative estimate of drug-likeness (QED) is 0.747. The maximum Gasteiger partial charge on any atom is 0.227 e. The minimum atomic E-state index is 0.233. The molecule has 0 spiro atoms. The summed E-state index contributed by atoms with van der Waals surface area (Å²) in [4.78, 5) is 11.1. The van der Waals surface area contributed by atoms with Crippen LogP contribution in [0.1, 0.15) is 19.8 Å². The van der Waals surface area contributed by atoms with Crippen LogP contribution in [0.2, 0.25) is 0 Å². The molecule has 80 valence electrons. The highest BCUT2D eigenvalue weighted by atomic mass is 16.5. The van der Waals surface area contributed by atoms with Crippen LogP contribution in [0.3, 0.4) is 0 Å². The number of aromatic amines is 1. The number of rotatable bonds is 4. The van der Waals surface area contributed by atoms with Gasteiger partial charge in [-0.15, -0.1) is 0 Å². The zero-order valence-corrected chi connectivity index (χ0v) is 8.66. The van der Waals surface area contributed by atoms with Gasteiger partial charge in [-0.3, -0.25) is 0 Å². The van der Waals surface area contributed by atoms with Crippen molar-refractivity contribution in [2.45, 2.75) is 19.8 Å². The van der Waals surface area contributed by atoms with Gasteiger partial charge in [0.2, 0.25) is 11.8 Å². The molecular weight excluding hydrogens is 192 g/mol. The Morgan fingerprint density at radius 1 is 1.47 bits per heavy atom. The van der Waals surface area contributed by atoms with Gasteiger partial charge < -0.3 is 15.5 Å². The Bertz CT molecular complexity index is 452. The first kappa shape index (κ1) is 9.76. The van der Waals surface area contributed by atoms with E-state index in [0.717, 1.165) is 18.2 Å². The van der Waals surface area contributed by atoms with Crippen LogP contribution in [-0.2, 0) is 0 Å². The number of nitrogens with one attached hydrogen (secondary N) is 1. The highest BCUT2D eigenvalue weighted by Gasteiger charge is 2.07. The molecule has 0 aliphatic rings. The summed E-state index contributed by atoms with van der Waals surface area (Å²) in [5.41, 5.74) is 6.28. The highest BCUT2D eigenvalue weighted by molar-refractivity contribution is 5.81. The Morgan fingerprint density at radius 2 is 2.33 bits per heavy atom. The first-order valence-electron chi connectivity index (χ1n) is 5.04. The molecule has 2 aromatic rings. The standard InChI is InChI=1S/C10H14N4O/c1-2-3-6-15-9-7-4-5-12-8(7)13-10(11)14-9/h4-5H,2-3,6H2,1H3,(H3,11,12,13,14). The van der Waals surface area contributed by atoms with Crippen LogP contribution < -0.4 is 10.5 Å². The maximum atomic E-state index is 5.57. The normalized spacial score (nSPS) is 10.7. The zero-order valence-electron chi connectivity index (χ0n) is 8.66. The highest BCUT2D eigenvalue weighted by Crippen LogP contribution is 2.22. The predicted molar refractivity (Wildman–Crippen MR) is 58.7 cm³/mol. The molecule has 0 amide bonds. The van der Waals surface area contributed by atoms with Gasteiger partial charge in [0, 0.05) is 6.20 Å². The van der Waals surface area contributed by atoms with E-state index in [-0.39, 0.29) is 5.95 Å². The van der Waals surface area contributed by atoms with E-state index in [4.69, 9.17) is 10.5 Å². The second-order valence-electron chi connectivity index (χ2n) is 3.33. The minimum Gasteiger partial charge on any atom is -0.477 e. The molecule has 0 unspecified atom stereocenters. The Morgan fingerprint density at radius 3 is 3.13 bits per heavy atom. The van der Waals surface area contributed by atoms with E-state index in [9.17, 15) is 0 Å². The smallest absolute Gasteiger partial charge is 0.227 e. The molecule has 0 aliphatic carbocycles. The van der Waals surface area contributed by atoms with Crippen molar-refractivity contribution < 1.29 is 4.74 Å². The van der Waals surface area contributed by atoms with Crippen LogP contribution in [-0.4, -0.2) is 21.6 Å². The number of hydrogen-bond acceptors (Lipinski definition) is 4. The second-order valence-corrected chi connectivity index (χ2v) is 3.33. The Kier molecular flexibility index (Phi) is 2.71. The van der Waals surface area contributed by atoms with E-state index in [0.29, 0.717) is 18.1 Å². The van der Waals surface area contributed by atoms with Crippen LogP contribution in [0.4, 0.5) is 5.95 Å². The van der Waals surface area contributed by atoms with E-state index in [1.807, 2.05) is 6.07 Å². The van der Waals surface area contributed by atoms with Gasteiger partial charge in [-0.1, -0.05) is 13.3 Å². The SMILES string of the molecule is CCCCOc1nc(N)nc2[nH]ccc12. The van der Waals surface area contributed by atoms with Gasteiger partial charge in [0.05, 0.1) is 12.0 Å². The number of fused-ring (bicyclic) bond motifs is 1. The van der Waals surface area contributed by atoms with Crippen LogP contribution >= 0.6 is 0 Å². The van der Waals surface area contributed by atoms with Gasteiger partial charge in [0.25, 0.3) is 0 Å². The number of nitrogen functional groups attached to an aromatic ring is 1. The number of nitrogens with zero attached hydrogens (tertiary/aromatic N) is 2. The van der Waals surface area contributed by atoms with Gasteiger partial charge in [0.1, 0.15) is 5.65 Å². The molecule has 0 radical (unpaired) electrons. The lowest BCUT2D eigenvalue weighted by atomic mass is 10.3. The number of hydrogen-bond donors (Lipinski definition) is 2. The third-order valence-corrected chi connectivity index (χ3v) is 2.13. The average Bonchev–Trinajstić information content (AvgIpc) is 2.65. The predicted octanol–water partition coefficient (Wildman–Crippen LogP) is 1.72. The van der Waals surface area contributed by atoms with Crippen molar-refractivity contribution in [3.63, 3.8) is 0 Å². The molecule has 0 fully saturated rings. The van der Waals surface area contributed by atoms with Gasteiger partial charge in [-0.2, -0.15) is 9.97 Å². The topological polar surface area (TPSA) is 76.8 Å². The maximum absolute atomic E-state index is 5.57. The summed E-state index contributed by atoms with van der Waals surface area (Å²) in [5, 5.41) is 0.875. The molecule has 0 saturated heterocycles. The Hall–Kier alpha value is -1.78. The minimum absolute atomic E-state index is 0.233. The molecule has 3 N–H and O–H groups in total. The summed E-state index contributed by atoms with van der Waals surface area (Å²) in [7, 11) is 0. The number of anilines is 1. The largest absolute Gasteiger partial charge is 0.477 e. The van der Waals surface area contributed by atoms with Crippen molar-refractivity contribution in [3.8, 4) is 5.88 Å². The molecule has 0 saturated carbocycles. The number of aromatic nitrogens is 3. The second kappa shape index (κ2) is 4.16. The molecular formula is C10H14N4O. The van der Waals surface area contributed by atoms with Crippen LogP contribution in [0.25, 0.3) is 11.0 Å². The number of H-pyrrole nitrogens is 1. The van der Waals surface area contributed by atoms with Crippen molar-refractivity contribution in [1.82, 2.24) is 15.0 Å². The molecule has 5 nitrogen and oxygen atoms in total. The molecule has 0 bridgehead atoms. The summed E-state index contributed by atoms with van der Waals surface area (Å²) in [6, 6.07) is 1.88. The lowest BCUT2D eigenvalue weighted by molar-refractivity contribution is 0.302. The van der Waals surface area contributed by atoms with Crippen LogP contribution in [0.5, 0.6) is 5.88 Å². The van der Waals surface area contributed by atoms with Crippen LogP contribution in [0.15, 0.2) is 12.3 Å². The summed E-state index contributed by atoms with van der Waals surface area (Å²) in [6.45, 7) is 2.77. The summed E-state index contributed by atoms with van der Waals surface area (Å²) in [6.07, 6.45) is 3.90. The van der Waals surface area contributed by atoms with Gasteiger partial charge >= 0.3 is 0 Å². The summed E-state index contributed by atoms with van der Waals surface area (Å²) in [5.74, 6) is 0.795. The zero-order chi connectivity index (χ0) is 10.7. The molecule has 0 aliphatic heterocycles. The number of unbranched alkanes of at least 4 members (excludes halogenated alkanes) is 1. The van der Waals surface area contributed by atoms with E-state index in [2.05, 4.69) is 21.9 Å². The molecule has 5 heteroatoms. The monoisotopic (exact) mass is 206 g/mol.